The first-order valence-corrected chi connectivity index (χ1v) is 31.6. The van der Waals surface area contributed by atoms with Gasteiger partial charge < -0.3 is 20.3 Å². The van der Waals surface area contributed by atoms with Gasteiger partial charge in [0, 0.05) is 12.8 Å². The van der Waals surface area contributed by atoms with E-state index in [1.165, 1.54) is 244 Å². The predicted molar refractivity (Wildman–Crippen MR) is 306 cm³/mol. The number of carbonyl (C=O) groups excluding carboxylic acids is 2. The van der Waals surface area contributed by atoms with E-state index in [2.05, 4.69) is 43.5 Å². The van der Waals surface area contributed by atoms with Gasteiger partial charge in [-0.1, -0.05) is 282 Å². The van der Waals surface area contributed by atoms with Crippen molar-refractivity contribution >= 4 is 11.9 Å². The van der Waals surface area contributed by atoms with Gasteiger partial charge in [-0.05, 0) is 77.0 Å². The van der Waals surface area contributed by atoms with E-state index in [1.54, 1.807) is 0 Å². The summed E-state index contributed by atoms with van der Waals surface area (Å²) in [6, 6.07) is -0.554. The molecule has 6 heteroatoms. The number of carbonyl (C=O) groups is 2. The van der Waals surface area contributed by atoms with E-state index in [0.29, 0.717) is 25.9 Å². The Labute approximate surface area is 437 Å². The molecule has 0 aliphatic rings. The molecule has 0 bridgehead atoms. The second-order valence-electron chi connectivity index (χ2n) is 21.7. The van der Waals surface area contributed by atoms with Crippen molar-refractivity contribution in [2.24, 2.45) is 0 Å². The number of hydrogen-bond donors (Lipinski definition) is 3. The number of unbranched alkanes of at least 4 members (excludes halogenated alkanes) is 44. The summed E-state index contributed by atoms with van der Waals surface area (Å²) in [6.07, 6.45) is 73.2. The number of hydrogen-bond acceptors (Lipinski definition) is 5. The van der Waals surface area contributed by atoms with Crippen LogP contribution in [0.3, 0.4) is 0 Å². The number of esters is 1. The molecule has 0 aliphatic carbocycles. The van der Waals surface area contributed by atoms with Crippen LogP contribution in [0.25, 0.3) is 0 Å². The van der Waals surface area contributed by atoms with E-state index in [0.717, 1.165) is 70.6 Å². The molecule has 0 aliphatic heterocycles. The minimum absolute atomic E-state index is 0.0121. The van der Waals surface area contributed by atoms with Crippen molar-refractivity contribution in [2.75, 3.05) is 13.2 Å². The first kappa shape index (κ1) is 68.3. The maximum absolute atomic E-state index is 12.5. The number of ether oxygens (including phenoxy) is 1. The van der Waals surface area contributed by atoms with Crippen molar-refractivity contribution in [3.63, 3.8) is 0 Å². The standard InChI is InChI=1S/C64H123NO5/c1-3-5-7-9-11-13-15-17-19-21-23-24-25-28-32-36-40-44-48-52-56-62(67)61(60-66)65-63(68)57-53-49-45-41-37-33-29-27-31-35-39-43-47-51-55-59-70-64(69)58-54-50-46-42-38-34-30-26-22-20-18-16-14-12-10-8-6-4-2/h20,22,31,35,61-62,66-67H,3-19,21,23-30,32-34,36-60H2,1-2H3,(H,65,68)/b22-20-,35-31-. The third-order valence-electron chi connectivity index (χ3n) is 14.7. The lowest BCUT2D eigenvalue weighted by Crippen LogP contribution is -2.45. The van der Waals surface area contributed by atoms with E-state index in [1.807, 2.05) is 0 Å². The van der Waals surface area contributed by atoms with Crippen LogP contribution in [0.5, 0.6) is 0 Å². The molecule has 0 aromatic rings. The normalized spacial score (nSPS) is 12.7. The Hall–Kier alpha value is -1.66. The highest BCUT2D eigenvalue weighted by Gasteiger charge is 2.20. The largest absolute Gasteiger partial charge is 0.466 e. The number of rotatable bonds is 59. The van der Waals surface area contributed by atoms with Crippen LogP contribution < -0.4 is 5.32 Å². The molecule has 2 atom stereocenters. The Morgan fingerprint density at radius 1 is 0.386 bits per heavy atom. The molecule has 0 radical (unpaired) electrons. The number of amides is 1. The second kappa shape index (κ2) is 59.9. The number of aliphatic hydroxyl groups excluding tert-OH is 2. The van der Waals surface area contributed by atoms with Crippen LogP contribution >= 0.6 is 0 Å². The Balaban J connectivity index is 3.46. The predicted octanol–water partition coefficient (Wildman–Crippen LogP) is 19.8. The molecule has 70 heavy (non-hydrogen) atoms. The highest BCUT2D eigenvalue weighted by atomic mass is 16.5. The van der Waals surface area contributed by atoms with E-state index >= 15 is 0 Å². The van der Waals surface area contributed by atoms with Crippen molar-refractivity contribution in [1.29, 1.82) is 0 Å². The van der Waals surface area contributed by atoms with Gasteiger partial charge >= 0.3 is 5.97 Å². The van der Waals surface area contributed by atoms with Gasteiger partial charge in [0.1, 0.15) is 0 Å². The molecule has 0 spiro atoms. The van der Waals surface area contributed by atoms with Gasteiger partial charge in [0.25, 0.3) is 0 Å². The van der Waals surface area contributed by atoms with Crippen molar-refractivity contribution in [1.82, 2.24) is 5.32 Å². The van der Waals surface area contributed by atoms with E-state index in [-0.39, 0.29) is 18.5 Å². The summed E-state index contributed by atoms with van der Waals surface area (Å²) in [5.74, 6) is -0.0593. The molecule has 1 amide bonds. The monoisotopic (exact) mass is 986 g/mol. The summed E-state index contributed by atoms with van der Waals surface area (Å²) in [6.45, 7) is 4.94. The van der Waals surface area contributed by atoms with Crippen molar-refractivity contribution in [3.8, 4) is 0 Å². The molecule has 0 aromatic carbocycles. The molecular formula is C64H123NO5. The zero-order valence-electron chi connectivity index (χ0n) is 47.3. The lowest BCUT2D eigenvalue weighted by molar-refractivity contribution is -0.143. The fourth-order valence-electron chi connectivity index (χ4n) is 9.87. The number of aliphatic hydroxyl groups is 2. The van der Waals surface area contributed by atoms with Crippen molar-refractivity contribution in [3.05, 3.63) is 24.3 Å². The van der Waals surface area contributed by atoms with Gasteiger partial charge in [0.15, 0.2) is 0 Å². The Morgan fingerprint density at radius 3 is 1.01 bits per heavy atom. The Bertz CT molecular complexity index is 1090. The molecule has 0 fully saturated rings. The zero-order chi connectivity index (χ0) is 50.7. The Morgan fingerprint density at radius 2 is 0.671 bits per heavy atom. The quantitative estimate of drug-likeness (QED) is 0.0321. The molecule has 0 saturated carbocycles. The molecule has 0 saturated heterocycles. The summed E-state index contributed by atoms with van der Waals surface area (Å²) in [7, 11) is 0. The lowest BCUT2D eigenvalue weighted by Gasteiger charge is -2.22. The summed E-state index contributed by atoms with van der Waals surface area (Å²) in [4.78, 5) is 24.6. The highest BCUT2D eigenvalue weighted by Crippen LogP contribution is 2.18. The summed E-state index contributed by atoms with van der Waals surface area (Å²) in [5.41, 5.74) is 0. The van der Waals surface area contributed by atoms with Crippen LogP contribution in [0.2, 0.25) is 0 Å². The van der Waals surface area contributed by atoms with Crippen molar-refractivity contribution < 1.29 is 24.5 Å². The van der Waals surface area contributed by atoms with Crippen LogP contribution in [0.1, 0.15) is 348 Å². The van der Waals surface area contributed by atoms with Crippen LogP contribution in [-0.4, -0.2) is 47.4 Å². The van der Waals surface area contributed by atoms with Crippen LogP contribution in [0.4, 0.5) is 0 Å². The lowest BCUT2D eigenvalue weighted by atomic mass is 10.0. The van der Waals surface area contributed by atoms with Gasteiger partial charge in [-0.15, -0.1) is 0 Å². The zero-order valence-corrected chi connectivity index (χ0v) is 47.3. The average molecular weight is 987 g/mol. The smallest absolute Gasteiger partial charge is 0.305 e. The maximum atomic E-state index is 12.5. The molecule has 0 heterocycles. The maximum Gasteiger partial charge on any atom is 0.305 e. The van der Waals surface area contributed by atoms with E-state index in [9.17, 15) is 19.8 Å². The van der Waals surface area contributed by atoms with Crippen LogP contribution in [0.15, 0.2) is 24.3 Å². The number of nitrogens with one attached hydrogen (secondary N) is 1. The molecule has 0 rings (SSSR count). The Kier molecular flexibility index (Phi) is 58.5. The second-order valence-corrected chi connectivity index (χ2v) is 21.7. The molecular weight excluding hydrogens is 863 g/mol. The van der Waals surface area contributed by atoms with Crippen LogP contribution in [0, 0.1) is 0 Å². The number of allylic oxidation sites excluding steroid dienone is 4. The summed E-state index contributed by atoms with van der Waals surface area (Å²) in [5, 5.41) is 23.4. The van der Waals surface area contributed by atoms with Gasteiger partial charge in [0.05, 0.1) is 25.4 Å². The molecule has 2 unspecified atom stereocenters. The average Bonchev–Trinajstić information content (AvgIpc) is 3.36. The molecule has 414 valence electrons. The first-order chi connectivity index (χ1) is 34.5. The minimum atomic E-state index is -0.675. The fourth-order valence-corrected chi connectivity index (χ4v) is 9.87. The van der Waals surface area contributed by atoms with Gasteiger partial charge in [-0.25, -0.2) is 0 Å². The summed E-state index contributed by atoms with van der Waals surface area (Å²) >= 11 is 0. The minimum Gasteiger partial charge on any atom is -0.466 e. The fraction of sp³-hybridized carbons (Fsp3) is 0.906. The summed E-state index contributed by atoms with van der Waals surface area (Å²) < 4.78 is 5.48. The molecule has 6 nitrogen and oxygen atoms in total. The highest BCUT2D eigenvalue weighted by molar-refractivity contribution is 5.76. The molecule has 0 aromatic heterocycles. The SMILES string of the molecule is CCCCCCCCC/C=C\CCCCCCCCCC(=O)OCCCCCC/C=C\CCCCCCCCCC(=O)NC(CO)C(O)CCCCCCCCCCCCCCCCCCCCCC. The van der Waals surface area contributed by atoms with Gasteiger partial charge in [-0.3, -0.25) is 9.59 Å². The van der Waals surface area contributed by atoms with E-state index in [4.69, 9.17) is 4.74 Å². The third kappa shape index (κ3) is 55.7. The van der Waals surface area contributed by atoms with Gasteiger partial charge in [0.2, 0.25) is 5.91 Å². The van der Waals surface area contributed by atoms with Crippen molar-refractivity contribution in [2.45, 2.75) is 360 Å². The van der Waals surface area contributed by atoms with Crippen LogP contribution in [-0.2, 0) is 14.3 Å². The topological polar surface area (TPSA) is 95.9 Å². The van der Waals surface area contributed by atoms with Gasteiger partial charge in [-0.2, -0.15) is 0 Å². The third-order valence-corrected chi connectivity index (χ3v) is 14.7. The van der Waals surface area contributed by atoms with E-state index < -0.39 is 12.1 Å². The first-order valence-electron chi connectivity index (χ1n) is 31.6. The molecule has 3 N–H and O–H groups in total.